The Morgan fingerprint density at radius 1 is 1.22 bits per heavy atom. The summed E-state index contributed by atoms with van der Waals surface area (Å²) in [6.45, 7) is 2.59. The molecular weight excluding hydrogens is 292 g/mol. The van der Waals surface area contributed by atoms with E-state index in [0.717, 1.165) is 63.3 Å². The fourth-order valence-electron chi connectivity index (χ4n) is 3.68. The zero-order valence-electron chi connectivity index (χ0n) is 13.7. The Kier molecular flexibility index (Phi) is 5.33. The number of aliphatic hydroxyl groups excluding tert-OH is 1. The van der Waals surface area contributed by atoms with Crippen molar-refractivity contribution < 1.29 is 10.2 Å². The van der Waals surface area contributed by atoms with Crippen molar-refractivity contribution in [1.82, 2.24) is 9.97 Å². The quantitative estimate of drug-likeness (QED) is 0.767. The van der Waals surface area contributed by atoms with E-state index in [0.29, 0.717) is 12.5 Å². The van der Waals surface area contributed by atoms with Crippen LogP contribution in [0.15, 0.2) is 12.4 Å². The van der Waals surface area contributed by atoms with Gasteiger partial charge in [-0.25, -0.2) is 9.97 Å². The average molecular weight is 320 g/mol. The van der Waals surface area contributed by atoms with E-state index in [2.05, 4.69) is 20.2 Å². The van der Waals surface area contributed by atoms with Crippen molar-refractivity contribution in [2.24, 2.45) is 5.92 Å². The number of hydrogen-bond donors (Lipinski definition) is 3. The molecule has 0 unspecified atom stereocenters. The summed E-state index contributed by atoms with van der Waals surface area (Å²) in [5.74, 6) is 1.99. The summed E-state index contributed by atoms with van der Waals surface area (Å²) in [4.78, 5) is 10.9. The third-order valence-corrected chi connectivity index (χ3v) is 5.14. The van der Waals surface area contributed by atoms with Crippen LogP contribution in [0.5, 0.6) is 0 Å². The lowest BCUT2D eigenvalue weighted by Crippen LogP contribution is -2.39. The number of aromatic nitrogens is 2. The number of nitrogens with one attached hydrogen (secondary N) is 1. The van der Waals surface area contributed by atoms with Crippen LogP contribution in [0.3, 0.4) is 0 Å². The summed E-state index contributed by atoms with van der Waals surface area (Å²) in [5.41, 5.74) is -0.601. The third-order valence-electron chi connectivity index (χ3n) is 5.14. The summed E-state index contributed by atoms with van der Waals surface area (Å²) in [6.07, 6.45) is 8.89. The molecule has 2 fully saturated rings. The smallest absolute Gasteiger partial charge is 0.134 e. The van der Waals surface area contributed by atoms with Crippen molar-refractivity contribution >= 4 is 11.6 Å². The number of rotatable bonds is 5. The van der Waals surface area contributed by atoms with Gasteiger partial charge in [-0.15, -0.1) is 0 Å². The Bertz CT molecular complexity index is 505. The molecule has 1 aromatic rings. The van der Waals surface area contributed by atoms with Crippen LogP contribution in [0, 0.1) is 5.92 Å². The second kappa shape index (κ2) is 7.45. The van der Waals surface area contributed by atoms with Crippen molar-refractivity contribution in [1.29, 1.82) is 0 Å². The minimum absolute atomic E-state index is 0.236. The van der Waals surface area contributed by atoms with Crippen molar-refractivity contribution in [3.63, 3.8) is 0 Å². The van der Waals surface area contributed by atoms with E-state index in [9.17, 15) is 10.2 Å². The molecule has 1 saturated heterocycles. The Morgan fingerprint density at radius 2 is 2.04 bits per heavy atom. The molecular formula is C17H28N4O2. The first-order valence-electron chi connectivity index (χ1n) is 8.83. The molecule has 1 atom stereocenters. The van der Waals surface area contributed by atoms with E-state index >= 15 is 0 Å². The van der Waals surface area contributed by atoms with Gasteiger partial charge in [0.05, 0.1) is 5.60 Å². The zero-order chi connectivity index (χ0) is 16.1. The van der Waals surface area contributed by atoms with E-state index < -0.39 is 5.60 Å². The van der Waals surface area contributed by atoms with Crippen LogP contribution >= 0.6 is 0 Å². The Labute approximate surface area is 138 Å². The number of nitrogens with zero attached hydrogens (tertiary/aromatic N) is 3. The molecule has 0 spiro atoms. The van der Waals surface area contributed by atoms with Crippen LogP contribution in [0.2, 0.25) is 0 Å². The lowest BCUT2D eigenvalue weighted by Gasteiger charge is -2.33. The highest BCUT2D eigenvalue weighted by Crippen LogP contribution is 2.28. The van der Waals surface area contributed by atoms with Crippen molar-refractivity contribution in [2.75, 3.05) is 36.5 Å². The van der Waals surface area contributed by atoms with E-state index in [4.69, 9.17) is 0 Å². The minimum Gasteiger partial charge on any atom is -0.396 e. The lowest BCUT2D eigenvalue weighted by molar-refractivity contribution is 0.0166. The monoisotopic (exact) mass is 320 g/mol. The number of hydrogen-bond acceptors (Lipinski definition) is 6. The molecule has 0 radical (unpaired) electrons. The molecule has 1 saturated carbocycles. The maximum absolute atomic E-state index is 10.6. The van der Waals surface area contributed by atoms with Gasteiger partial charge >= 0.3 is 0 Å². The van der Waals surface area contributed by atoms with Gasteiger partial charge in [0.15, 0.2) is 0 Å². The van der Waals surface area contributed by atoms with Crippen molar-refractivity contribution in [2.45, 2.75) is 50.5 Å². The largest absolute Gasteiger partial charge is 0.396 e. The first kappa shape index (κ1) is 16.5. The van der Waals surface area contributed by atoms with Gasteiger partial charge in [-0.05, 0) is 31.6 Å². The topological polar surface area (TPSA) is 81.5 Å². The SMILES string of the molecule is OC[C@@H]1CCCN(c2cc(NCC3(O)CCCCC3)ncn2)C1. The second-order valence-corrected chi connectivity index (χ2v) is 7.04. The number of anilines is 2. The van der Waals surface area contributed by atoms with Crippen LogP contribution < -0.4 is 10.2 Å². The summed E-state index contributed by atoms with van der Waals surface area (Å²) in [6, 6.07) is 1.95. The molecule has 3 rings (SSSR count). The standard InChI is InChI=1S/C17H28N4O2/c22-11-14-5-4-8-21(10-14)16-9-15(19-13-20-16)18-12-17(23)6-2-1-3-7-17/h9,13-14,22-23H,1-8,10-12H2,(H,18,19,20)/t14-/m1/s1. The van der Waals surface area contributed by atoms with E-state index in [1.54, 1.807) is 6.33 Å². The van der Waals surface area contributed by atoms with Crippen molar-refractivity contribution in [3.8, 4) is 0 Å². The molecule has 1 aliphatic carbocycles. The van der Waals surface area contributed by atoms with Gasteiger partial charge in [0.1, 0.15) is 18.0 Å². The number of aliphatic hydroxyl groups is 2. The summed E-state index contributed by atoms with van der Waals surface area (Å²) >= 11 is 0. The van der Waals surface area contributed by atoms with Gasteiger partial charge in [-0.1, -0.05) is 19.3 Å². The highest BCUT2D eigenvalue weighted by Gasteiger charge is 2.29. The molecule has 2 aliphatic rings. The molecule has 0 amide bonds. The van der Waals surface area contributed by atoms with Gasteiger partial charge in [-0.3, -0.25) is 0 Å². The fourth-order valence-corrected chi connectivity index (χ4v) is 3.68. The average Bonchev–Trinajstić information content (AvgIpc) is 2.61. The molecule has 6 nitrogen and oxygen atoms in total. The van der Waals surface area contributed by atoms with Crippen molar-refractivity contribution in [3.05, 3.63) is 12.4 Å². The van der Waals surface area contributed by atoms with Gasteiger partial charge in [0.2, 0.25) is 0 Å². The highest BCUT2D eigenvalue weighted by atomic mass is 16.3. The second-order valence-electron chi connectivity index (χ2n) is 7.04. The summed E-state index contributed by atoms with van der Waals surface area (Å²) < 4.78 is 0. The molecule has 2 heterocycles. The predicted octanol–water partition coefficient (Wildman–Crippen LogP) is 1.79. The van der Waals surface area contributed by atoms with Crippen LogP contribution in [0.25, 0.3) is 0 Å². The summed E-state index contributed by atoms with van der Waals surface area (Å²) in [5, 5.41) is 23.2. The molecule has 3 N–H and O–H groups in total. The Hall–Kier alpha value is -1.40. The van der Waals surface area contributed by atoms with Gasteiger partial charge in [0.25, 0.3) is 0 Å². The maximum atomic E-state index is 10.6. The first-order chi connectivity index (χ1) is 11.2. The number of piperidine rings is 1. The normalized spacial score (nSPS) is 24.4. The Morgan fingerprint density at radius 3 is 2.83 bits per heavy atom. The van der Waals surface area contributed by atoms with E-state index in [-0.39, 0.29) is 6.61 Å². The van der Waals surface area contributed by atoms with Crippen LogP contribution in [0.1, 0.15) is 44.9 Å². The molecule has 1 aliphatic heterocycles. The summed E-state index contributed by atoms with van der Waals surface area (Å²) in [7, 11) is 0. The van der Waals surface area contributed by atoms with Gasteiger partial charge < -0.3 is 20.4 Å². The Balaban J connectivity index is 1.60. The predicted molar refractivity (Wildman–Crippen MR) is 90.6 cm³/mol. The van der Waals surface area contributed by atoms with Crippen LogP contribution in [-0.2, 0) is 0 Å². The maximum Gasteiger partial charge on any atom is 0.134 e. The minimum atomic E-state index is -0.601. The molecule has 0 aromatic carbocycles. The molecule has 23 heavy (non-hydrogen) atoms. The van der Waals surface area contributed by atoms with Crippen LogP contribution in [-0.4, -0.2) is 52.0 Å². The van der Waals surface area contributed by atoms with Gasteiger partial charge in [-0.2, -0.15) is 0 Å². The lowest BCUT2D eigenvalue weighted by atomic mass is 9.85. The van der Waals surface area contributed by atoms with Crippen LogP contribution in [0.4, 0.5) is 11.6 Å². The zero-order valence-corrected chi connectivity index (χ0v) is 13.7. The first-order valence-corrected chi connectivity index (χ1v) is 8.83. The molecule has 6 heteroatoms. The van der Waals surface area contributed by atoms with Gasteiger partial charge in [0, 0.05) is 32.3 Å². The van der Waals surface area contributed by atoms with E-state index in [1.165, 1.54) is 6.42 Å². The molecule has 0 bridgehead atoms. The van der Waals surface area contributed by atoms with E-state index in [1.807, 2.05) is 6.07 Å². The third kappa shape index (κ3) is 4.32. The molecule has 128 valence electrons. The fraction of sp³-hybridized carbons (Fsp3) is 0.765. The highest BCUT2D eigenvalue weighted by molar-refractivity contribution is 5.48. The molecule has 1 aromatic heterocycles.